The summed E-state index contributed by atoms with van der Waals surface area (Å²) in [6.07, 6.45) is -1.34. The van der Waals surface area contributed by atoms with Crippen LogP contribution in [0.15, 0.2) is 53.3 Å². The van der Waals surface area contributed by atoms with Gasteiger partial charge in [-0.05, 0) is 37.6 Å². The van der Waals surface area contributed by atoms with E-state index in [-0.39, 0.29) is 12.2 Å². The Balaban J connectivity index is 1.45. The first-order valence-corrected chi connectivity index (χ1v) is 10.8. The van der Waals surface area contributed by atoms with E-state index in [0.29, 0.717) is 22.8 Å². The summed E-state index contributed by atoms with van der Waals surface area (Å²) in [6, 6.07) is 10.1. The van der Waals surface area contributed by atoms with E-state index in [2.05, 4.69) is 20.4 Å². The highest BCUT2D eigenvalue weighted by Gasteiger charge is 2.51. The average Bonchev–Trinajstić information content (AvgIpc) is 3.31. The Labute approximate surface area is 204 Å². The van der Waals surface area contributed by atoms with Gasteiger partial charge in [0.25, 0.3) is 0 Å². The molecule has 0 aliphatic heterocycles. The second-order valence-corrected chi connectivity index (χ2v) is 8.60. The number of halogens is 3. The summed E-state index contributed by atoms with van der Waals surface area (Å²) < 4.78 is 55.0. The van der Waals surface area contributed by atoms with Crippen molar-refractivity contribution in [3.63, 3.8) is 0 Å². The molecule has 4 rings (SSSR count). The van der Waals surface area contributed by atoms with Crippen molar-refractivity contribution >= 4 is 22.6 Å². The molecule has 0 atom stereocenters. The number of nitrogens with one attached hydrogen (secondary N) is 1. The van der Waals surface area contributed by atoms with Crippen LogP contribution in [0.5, 0.6) is 11.5 Å². The van der Waals surface area contributed by atoms with Crippen molar-refractivity contribution in [1.29, 1.82) is 0 Å². The molecule has 1 aromatic carbocycles. The molecule has 0 aliphatic carbocycles. The van der Waals surface area contributed by atoms with Crippen molar-refractivity contribution in [2.75, 3.05) is 19.5 Å². The Morgan fingerprint density at radius 2 is 1.72 bits per heavy atom. The summed E-state index contributed by atoms with van der Waals surface area (Å²) in [6.45, 7) is 1.95. The average molecular weight is 500 g/mol. The lowest BCUT2D eigenvalue weighted by Gasteiger charge is -2.24. The van der Waals surface area contributed by atoms with Gasteiger partial charge < -0.3 is 19.3 Å². The number of benzene rings is 1. The topological polar surface area (TPSA) is 99.4 Å². The van der Waals surface area contributed by atoms with E-state index in [1.807, 2.05) is 12.1 Å². The largest absolute Gasteiger partial charge is 0.493 e. The maximum Gasteiger partial charge on any atom is 0.401 e. The van der Waals surface area contributed by atoms with E-state index in [4.69, 9.17) is 14.0 Å². The summed E-state index contributed by atoms with van der Waals surface area (Å²) in [4.78, 5) is 21.3. The number of carbonyl (C=O) groups excluding carboxylic acids is 1. The summed E-state index contributed by atoms with van der Waals surface area (Å²) >= 11 is 0. The molecular formula is C25H23F3N4O4. The fourth-order valence-electron chi connectivity index (χ4n) is 3.44. The number of aromatic nitrogens is 3. The lowest BCUT2D eigenvalue weighted by molar-refractivity contribution is -0.185. The maximum atomic E-state index is 13.2. The Morgan fingerprint density at radius 1 is 1.00 bits per heavy atom. The molecule has 8 nitrogen and oxygen atoms in total. The summed E-state index contributed by atoms with van der Waals surface area (Å²) in [7, 11) is 3.11. The molecule has 0 spiro atoms. The van der Waals surface area contributed by atoms with Crippen molar-refractivity contribution in [3.05, 3.63) is 60.1 Å². The van der Waals surface area contributed by atoms with E-state index in [1.165, 1.54) is 0 Å². The Morgan fingerprint density at radius 3 is 2.36 bits per heavy atom. The molecule has 36 heavy (non-hydrogen) atoms. The minimum Gasteiger partial charge on any atom is -0.493 e. The fraction of sp³-hybridized carbons (Fsp3) is 0.280. The molecule has 3 heterocycles. The predicted octanol–water partition coefficient (Wildman–Crippen LogP) is 5.32. The van der Waals surface area contributed by atoms with Gasteiger partial charge in [0.05, 0.1) is 31.9 Å². The van der Waals surface area contributed by atoms with Crippen LogP contribution in [0.3, 0.4) is 0 Å². The third-order valence-electron chi connectivity index (χ3n) is 5.77. The van der Waals surface area contributed by atoms with Gasteiger partial charge in [0.15, 0.2) is 23.1 Å². The molecule has 4 aromatic rings. The first kappa shape index (κ1) is 25.0. The molecule has 0 saturated heterocycles. The Bertz CT molecular complexity index is 1400. The smallest absolute Gasteiger partial charge is 0.401 e. The van der Waals surface area contributed by atoms with Gasteiger partial charge in [-0.2, -0.15) is 13.2 Å². The van der Waals surface area contributed by atoms with Crippen LogP contribution in [-0.4, -0.2) is 41.4 Å². The molecule has 0 bridgehead atoms. The van der Waals surface area contributed by atoms with Crippen molar-refractivity contribution in [1.82, 2.24) is 15.1 Å². The van der Waals surface area contributed by atoms with E-state index in [0.717, 1.165) is 36.4 Å². The highest BCUT2D eigenvalue weighted by molar-refractivity contribution is 5.91. The standard InChI is InChI=1S/C25H23F3N4O4/c1-24(2,25(26,27)28)21-11-22(32-36-21)31-23(33)7-14-5-6-17(29-12-14)16-8-15-9-19(34-3)20(35-4)10-18(15)30-13-16/h5-6,8-13H,7H2,1-4H3,(H,31,32,33). The zero-order valence-corrected chi connectivity index (χ0v) is 19.9. The van der Waals surface area contributed by atoms with Crippen LogP contribution < -0.4 is 14.8 Å². The molecule has 1 N–H and O–H groups in total. The lowest BCUT2D eigenvalue weighted by atomic mass is 9.89. The third-order valence-corrected chi connectivity index (χ3v) is 5.77. The number of rotatable bonds is 7. The number of methoxy groups -OCH3 is 2. The first-order valence-electron chi connectivity index (χ1n) is 10.8. The van der Waals surface area contributed by atoms with Crippen LogP contribution in [0.25, 0.3) is 22.2 Å². The van der Waals surface area contributed by atoms with Crippen LogP contribution in [0.4, 0.5) is 19.0 Å². The summed E-state index contributed by atoms with van der Waals surface area (Å²) in [5.74, 6) is 0.210. The SMILES string of the molecule is COc1cc2cc(-c3ccc(CC(=O)Nc4cc(C(C)(C)C(F)(F)F)on4)cn3)cnc2cc1OC. The van der Waals surface area contributed by atoms with Gasteiger partial charge in [-0.15, -0.1) is 0 Å². The lowest BCUT2D eigenvalue weighted by Crippen LogP contribution is -2.35. The van der Waals surface area contributed by atoms with E-state index >= 15 is 0 Å². The number of ether oxygens (including phenoxy) is 2. The number of pyridine rings is 2. The summed E-state index contributed by atoms with van der Waals surface area (Å²) in [5, 5.41) is 6.83. The second-order valence-electron chi connectivity index (χ2n) is 8.60. The van der Waals surface area contributed by atoms with Gasteiger partial charge in [0.1, 0.15) is 5.41 Å². The molecule has 1 amide bonds. The van der Waals surface area contributed by atoms with Crippen molar-refractivity contribution in [3.8, 4) is 22.8 Å². The quantitative estimate of drug-likeness (QED) is 0.367. The van der Waals surface area contributed by atoms with Crippen molar-refractivity contribution in [2.24, 2.45) is 0 Å². The number of hydrogen-bond donors (Lipinski definition) is 1. The molecule has 0 unspecified atom stereocenters. The van der Waals surface area contributed by atoms with Gasteiger partial charge in [0, 0.05) is 35.5 Å². The number of carbonyl (C=O) groups is 1. The van der Waals surface area contributed by atoms with Gasteiger partial charge in [-0.3, -0.25) is 14.8 Å². The van der Waals surface area contributed by atoms with Gasteiger partial charge in [-0.1, -0.05) is 11.2 Å². The molecule has 0 radical (unpaired) electrons. The normalized spacial score (nSPS) is 12.0. The zero-order chi connectivity index (χ0) is 26.1. The molecular weight excluding hydrogens is 477 g/mol. The molecule has 0 saturated carbocycles. The monoisotopic (exact) mass is 500 g/mol. The number of alkyl halides is 3. The van der Waals surface area contributed by atoms with Crippen LogP contribution in [0.1, 0.15) is 25.2 Å². The fourth-order valence-corrected chi connectivity index (χ4v) is 3.44. The van der Waals surface area contributed by atoms with Crippen molar-refractivity contribution in [2.45, 2.75) is 31.9 Å². The van der Waals surface area contributed by atoms with Crippen LogP contribution in [-0.2, 0) is 16.6 Å². The Hall–Kier alpha value is -4.15. The third kappa shape index (κ3) is 4.95. The highest BCUT2D eigenvalue weighted by atomic mass is 19.4. The number of amides is 1. The highest BCUT2D eigenvalue weighted by Crippen LogP contribution is 2.41. The van der Waals surface area contributed by atoms with Crippen LogP contribution in [0.2, 0.25) is 0 Å². The predicted molar refractivity (Wildman–Crippen MR) is 126 cm³/mol. The number of nitrogens with zero attached hydrogens (tertiary/aromatic N) is 3. The van der Waals surface area contributed by atoms with Crippen LogP contribution in [0, 0.1) is 0 Å². The zero-order valence-electron chi connectivity index (χ0n) is 19.9. The number of fused-ring (bicyclic) bond motifs is 1. The molecule has 0 fully saturated rings. The van der Waals surface area contributed by atoms with Crippen LogP contribution >= 0.6 is 0 Å². The minimum atomic E-state index is -4.53. The molecule has 0 aliphatic rings. The van der Waals surface area contributed by atoms with E-state index in [9.17, 15) is 18.0 Å². The van der Waals surface area contributed by atoms with E-state index in [1.54, 1.807) is 44.8 Å². The molecule has 3 aromatic heterocycles. The van der Waals surface area contributed by atoms with Gasteiger partial charge in [-0.25, -0.2) is 0 Å². The molecule has 11 heteroatoms. The summed E-state index contributed by atoms with van der Waals surface area (Å²) in [5.41, 5.74) is 0.527. The second kappa shape index (κ2) is 9.48. The Kier molecular flexibility index (Phi) is 6.57. The van der Waals surface area contributed by atoms with Gasteiger partial charge >= 0.3 is 6.18 Å². The maximum absolute atomic E-state index is 13.2. The first-order chi connectivity index (χ1) is 17.0. The van der Waals surface area contributed by atoms with Crippen molar-refractivity contribution < 1.29 is 32.0 Å². The minimum absolute atomic E-state index is 0.0505. The molecule has 188 valence electrons. The van der Waals surface area contributed by atoms with E-state index < -0.39 is 23.3 Å². The number of hydrogen-bond acceptors (Lipinski definition) is 7. The van der Waals surface area contributed by atoms with Gasteiger partial charge in [0.2, 0.25) is 5.91 Å². The number of anilines is 1.